The lowest BCUT2D eigenvalue weighted by atomic mass is 9.70. The zero-order valence-corrected chi connectivity index (χ0v) is 16.5. The summed E-state index contributed by atoms with van der Waals surface area (Å²) in [7, 11) is 0. The van der Waals surface area contributed by atoms with Crippen molar-refractivity contribution in [3.63, 3.8) is 0 Å². The predicted octanol–water partition coefficient (Wildman–Crippen LogP) is 4.84. The van der Waals surface area contributed by atoms with Crippen LogP contribution in [0, 0.1) is 5.41 Å². The molecule has 1 amide bonds. The molecule has 0 saturated carbocycles. The summed E-state index contributed by atoms with van der Waals surface area (Å²) in [6.45, 7) is 6.67. The van der Waals surface area contributed by atoms with Gasteiger partial charge in [0.25, 0.3) is 0 Å². The number of amides is 1. The summed E-state index contributed by atoms with van der Waals surface area (Å²) in [6, 6.07) is 11.1. The standard InChI is InChI=1S/C23H25NO4/c1-4-27-16-9-7-15(8-10-16)24-18-13-23(2,3)14-19(25)22(18)17(12-21(24)26)20-6-5-11-28-20/h5-11,17H,4,12-14H2,1-3H3. The minimum absolute atomic E-state index is 0.0187. The number of carbonyl (C=O) groups excluding carboxylic acids is 2. The van der Waals surface area contributed by atoms with E-state index in [-0.39, 0.29) is 29.4 Å². The third-order valence-corrected chi connectivity index (χ3v) is 5.44. The number of Topliss-reactive ketones (excluding diaryl/α,β-unsaturated/α-hetero) is 1. The van der Waals surface area contributed by atoms with Crippen molar-refractivity contribution in [2.75, 3.05) is 11.5 Å². The van der Waals surface area contributed by atoms with Gasteiger partial charge >= 0.3 is 0 Å². The third kappa shape index (κ3) is 3.26. The van der Waals surface area contributed by atoms with E-state index in [1.807, 2.05) is 37.3 Å². The molecule has 1 aromatic carbocycles. The van der Waals surface area contributed by atoms with E-state index in [4.69, 9.17) is 9.15 Å². The number of nitrogens with zero attached hydrogens (tertiary/aromatic N) is 1. The van der Waals surface area contributed by atoms with E-state index in [1.54, 1.807) is 17.2 Å². The number of ketones is 1. The van der Waals surface area contributed by atoms with Crippen molar-refractivity contribution in [1.29, 1.82) is 0 Å². The number of anilines is 1. The van der Waals surface area contributed by atoms with Crippen LogP contribution < -0.4 is 9.64 Å². The molecule has 1 unspecified atom stereocenters. The average Bonchev–Trinajstić information content (AvgIpc) is 3.16. The molecule has 0 saturated heterocycles. The Hall–Kier alpha value is -2.82. The summed E-state index contributed by atoms with van der Waals surface area (Å²) in [4.78, 5) is 28.0. The highest BCUT2D eigenvalue weighted by Gasteiger charge is 2.45. The number of hydrogen-bond donors (Lipinski definition) is 0. The van der Waals surface area contributed by atoms with Crippen molar-refractivity contribution < 1.29 is 18.7 Å². The molecule has 1 aromatic heterocycles. The highest BCUT2D eigenvalue weighted by Crippen LogP contribution is 2.48. The molecule has 28 heavy (non-hydrogen) atoms. The molecular formula is C23H25NO4. The normalized spacial score (nSPS) is 21.7. The van der Waals surface area contributed by atoms with Crippen LogP contribution >= 0.6 is 0 Å². The number of rotatable bonds is 4. The fourth-order valence-electron chi connectivity index (χ4n) is 4.31. The van der Waals surface area contributed by atoms with E-state index in [0.717, 1.165) is 22.7 Å². The van der Waals surface area contributed by atoms with Gasteiger partial charge in [0.1, 0.15) is 11.5 Å². The Morgan fingerprint density at radius 1 is 1.14 bits per heavy atom. The first-order valence-corrected chi connectivity index (χ1v) is 9.75. The molecule has 5 heteroatoms. The lowest BCUT2D eigenvalue weighted by molar-refractivity contribution is -0.121. The molecule has 1 aliphatic heterocycles. The molecule has 0 spiro atoms. The second kappa shape index (κ2) is 6.97. The molecule has 1 atom stereocenters. The van der Waals surface area contributed by atoms with Gasteiger partial charge in [-0.2, -0.15) is 0 Å². The Balaban J connectivity index is 1.82. The highest BCUT2D eigenvalue weighted by atomic mass is 16.5. The monoisotopic (exact) mass is 379 g/mol. The fraction of sp³-hybridized carbons (Fsp3) is 0.391. The van der Waals surface area contributed by atoms with Gasteiger partial charge in [-0.25, -0.2) is 0 Å². The van der Waals surface area contributed by atoms with Gasteiger partial charge in [-0.1, -0.05) is 13.8 Å². The van der Waals surface area contributed by atoms with Crippen LogP contribution in [-0.2, 0) is 9.59 Å². The Labute approximate surface area is 165 Å². The SMILES string of the molecule is CCOc1ccc(N2C(=O)CC(c3ccco3)C3=C2CC(C)(C)CC3=O)cc1. The maximum absolute atomic E-state index is 13.2. The Morgan fingerprint density at radius 2 is 1.89 bits per heavy atom. The van der Waals surface area contributed by atoms with Crippen LogP contribution in [0.4, 0.5) is 5.69 Å². The zero-order valence-electron chi connectivity index (χ0n) is 16.5. The number of allylic oxidation sites excluding steroid dienone is 2. The molecule has 0 radical (unpaired) electrons. The van der Waals surface area contributed by atoms with Crippen LogP contribution in [0.3, 0.4) is 0 Å². The molecule has 146 valence electrons. The zero-order chi connectivity index (χ0) is 19.9. The van der Waals surface area contributed by atoms with Crippen LogP contribution in [0.25, 0.3) is 0 Å². The van der Waals surface area contributed by atoms with Gasteiger partial charge in [0, 0.05) is 29.8 Å². The third-order valence-electron chi connectivity index (χ3n) is 5.44. The highest BCUT2D eigenvalue weighted by molar-refractivity contribution is 6.07. The molecular weight excluding hydrogens is 354 g/mol. The van der Waals surface area contributed by atoms with Gasteiger partial charge in [0.2, 0.25) is 5.91 Å². The first-order valence-electron chi connectivity index (χ1n) is 9.75. The molecule has 0 N–H and O–H groups in total. The number of benzene rings is 1. The molecule has 2 aromatic rings. The van der Waals surface area contributed by atoms with E-state index in [9.17, 15) is 9.59 Å². The van der Waals surface area contributed by atoms with Gasteiger partial charge in [-0.3, -0.25) is 14.5 Å². The van der Waals surface area contributed by atoms with Crippen LogP contribution in [-0.4, -0.2) is 18.3 Å². The van der Waals surface area contributed by atoms with Crippen molar-refractivity contribution in [2.24, 2.45) is 5.41 Å². The summed E-state index contributed by atoms with van der Waals surface area (Å²) >= 11 is 0. The molecule has 1 aliphatic carbocycles. The molecule has 2 aliphatic rings. The summed E-state index contributed by atoms with van der Waals surface area (Å²) in [5.74, 6) is 1.23. The fourth-order valence-corrected chi connectivity index (χ4v) is 4.31. The maximum Gasteiger partial charge on any atom is 0.232 e. The Kier molecular flexibility index (Phi) is 4.61. The Morgan fingerprint density at radius 3 is 2.54 bits per heavy atom. The molecule has 4 rings (SSSR count). The summed E-state index contributed by atoms with van der Waals surface area (Å²) < 4.78 is 11.1. The number of ether oxygens (including phenoxy) is 1. The van der Waals surface area contributed by atoms with Gasteiger partial charge in [0.05, 0.1) is 18.8 Å². The largest absolute Gasteiger partial charge is 0.494 e. The van der Waals surface area contributed by atoms with E-state index < -0.39 is 0 Å². The number of hydrogen-bond acceptors (Lipinski definition) is 4. The number of furan rings is 1. The summed E-state index contributed by atoms with van der Waals surface area (Å²) in [6.07, 6.45) is 2.97. The minimum atomic E-state index is -0.306. The minimum Gasteiger partial charge on any atom is -0.494 e. The van der Waals surface area contributed by atoms with E-state index >= 15 is 0 Å². The van der Waals surface area contributed by atoms with Gasteiger partial charge in [0.15, 0.2) is 5.78 Å². The maximum atomic E-state index is 13.2. The van der Waals surface area contributed by atoms with Crippen molar-refractivity contribution in [3.05, 3.63) is 59.7 Å². The molecule has 5 nitrogen and oxygen atoms in total. The van der Waals surface area contributed by atoms with Crippen LogP contribution in [0.5, 0.6) is 5.75 Å². The van der Waals surface area contributed by atoms with Crippen molar-refractivity contribution in [1.82, 2.24) is 0 Å². The lowest BCUT2D eigenvalue weighted by Gasteiger charge is -2.42. The first kappa shape index (κ1) is 18.5. The van der Waals surface area contributed by atoms with E-state index in [1.165, 1.54) is 0 Å². The second-order valence-electron chi connectivity index (χ2n) is 8.23. The van der Waals surface area contributed by atoms with E-state index in [0.29, 0.717) is 25.2 Å². The van der Waals surface area contributed by atoms with Gasteiger partial charge < -0.3 is 9.15 Å². The molecule has 0 fully saturated rings. The van der Waals surface area contributed by atoms with Crippen molar-refractivity contribution >= 4 is 17.4 Å². The van der Waals surface area contributed by atoms with Crippen molar-refractivity contribution in [3.8, 4) is 5.75 Å². The Bertz CT molecular complexity index is 922. The quantitative estimate of drug-likeness (QED) is 0.762. The van der Waals surface area contributed by atoms with Crippen molar-refractivity contribution in [2.45, 2.75) is 46.0 Å². The van der Waals surface area contributed by atoms with E-state index in [2.05, 4.69) is 13.8 Å². The predicted molar refractivity (Wildman–Crippen MR) is 106 cm³/mol. The average molecular weight is 379 g/mol. The van der Waals surface area contributed by atoms with Crippen LogP contribution in [0.15, 0.2) is 58.3 Å². The topological polar surface area (TPSA) is 59.8 Å². The molecule has 0 bridgehead atoms. The smallest absolute Gasteiger partial charge is 0.232 e. The summed E-state index contributed by atoms with van der Waals surface area (Å²) in [5.41, 5.74) is 2.11. The van der Waals surface area contributed by atoms with Crippen LogP contribution in [0.2, 0.25) is 0 Å². The number of carbonyl (C=O) groups is 2. The van der Waals surface area contributed by atoms with Crippen LogP contribution in [0.1, 0.15) is 51.7 Å². The first-order chi connectivity index (χ1) is 13.4. The van der Waals surface area contributed by atoms with Gasteiger partial charge in [-0.05, 0) is 55.2 Å². The summed E-state index contributed by atoms with van der Waals surface area (Å²) in [5, 5.41) is 0. The van der Waals surface area contributed by atoms with Gasteiger partial charge in [-0.15, -0.1) is 0 Å². The molecule has 2 heterocycles. The second-order valence-corrected chi connectivity index (χ2v) is 8.23. The lowest BCUT2D eigenvalue weighted by Crippen LogP contribution is -2.43.